The van der Waals surface area contributed by atoms with Gasteiger partial charge in [0.05, 0.1) is 34.0 Å². The zero-order valence-electron chi connectivity index (χ0n) is 16.1. The molecule has 154 valence electrons. The van der Waals surface area contributed by atoms with E-state index in [1.165, 1.54) is 23.1 Å². The molecule has 0 aliphatic rings. The van der Waals surface area contributed by atoms with E-state index in [0.717, 1.165) is 10.4 Å². The van der Waals surface area contributed by atoms with Crippen LogP contribution < -0.4 is 5.56 Å². The van der Waals surface area contributed by atoms with E-state index < -0.39 is 0 Å². The van der Waals surface area contributed by atoms with Crippen molar-refractivity contribution >= 4 is 62.3 Å². The summed E-state index contributed by atoms with van der Waals surface area (Å²) in [5.74, 6) is 0.619. The molecular weight excluding hydrogens is 463 g/mol. The fourth-order valence-electron chi connectivity index (χ4n) is 3.00. The molecule has 0 unspecified atom stereocenters. The molecule has 0 atom stereocenters. The Hall–Kier alpha value is -2.06. The van der Waals surface area contributed by atoms with Gasteiger partial charge >= 0.3 is 0 Å². The predicted molar refractivity (Wildman–Crippen MR) is 123 cm³/mol. The molecule has 0 N–H and O–H groups in total. The van der Waals surface area contributed by atoms with Crippen LogP contribution in [0.4, 0.5) is 0 Å². The van der Waals surface area contributed by atoms with E-state index in [1.807, 2.05) is 13.8 Å². The molecule has 0 amide bonds. The molecular formula is C21H16Cl2N2O3S2. The lowest BCUT2D eigenvalue weighted by Gasteiger charge is -2.11. The van der Waals surface area contributed by atoms with Crippen LogP contribution in [0.5, 0.6) is 0 Å². The number of carbonyl (C=O) groups excluding carboxylic acids is 1. The van der Waals surface area contributed by atoms with Crippen molar-refractivity contribution < 1.29 is 9.21 Å². The number of ketones is 1. The quantitative estimate of drug-likeness (QED) is 0.193. The van der Waals surface area contributed by atoms with Crippen molar-refractivity contribution in [3.8, 4) is 0 Å². The number of aryl methyl sites for hydroxylation is 2. The maximum atomic E-state index is 13.3. The molecule has 3 aromatic heterocycles. The molecule has 9 heteroatoms. The molecule has 0 aliphatic heterocycles. The van der Waals surface area contributed by atoms with E-state index in [9.17, 15) is 9.59 Å². The Morgan fingerprint density at radius 3 is 2.73 bits per heavy atom. The second-order valence-corrected chi connectivity index (χ2v) is 9.63. The summed E-state index contributed by atoms with van der Waals surface area (Å²) in [5, 5.41) is 1.80. The van der Waals surface area contributed by atoms with Gasteiger partial charge in [-0.2, -0.15) is 0 Å². The fourth-order valence-corrected chi connectivity index (χ4v) is 5.26. The van der Waals surface area contributed by atoms with Gasteiger partial charge in [0.2, 0.25) is 0 Å². The summed E-state index contributed by atoms with van der Waals surface area (Å²) in [7, 11) is 0. The molecule has 0 fully saturated rings. The third-order valence-corrected chi connectivity index (χ3v) is 7.54. The van der Waals surface area contributed by atoms with Gasteiger partial charge in [-0.3, -0.25) is 14.2 Å². The van der Waals surface area contributed by atoms with Crippen LogP contribution >= 0.6 is 46.3 Å². The molecule has 4 aromatic rings. The molecule has 0 saturated carbocycles. The van der Waals surface area contributed by atoms with Gasteiger partial charge in [0.1, 0.15) is 10.6 Å². The average Bonchev–Trinajstić information content (AvgIpc) is 3.32. The summed E-state index contributed by atoms with van der Waals surface area (Å²) in [5.41, 5.74) is 1.26. The maximum Gasteiger partial charge on any atom is 0.263 e. The number of furan rings is 1. The lowest BCUT2D eigenvalue weighted by Crippen LogP contribution is -2.24. The first-order valence-corrected chi connectivity index (χ1v) is 11.5. The normalized spacial score (nSPS) is 11.3. The minimum Gasteiger partial charge on any atom is -0.467 e. The van der Waals surface area contributed by atoms with Crippen LogP contribution in [0.2, 0.25) is 10.0 Å². The number of carbonyl (C=O) groups is 1. The molecule has 4 rings (SSSR count). The van der Waals surface area contributed by atoms with Gasteiger partial charge in [-0.15, -0.1) is 11.3 Å². The number of nitrogens with zero attached hydrogens (tertiary/aromatic N) is 2. The number of thioether (sulfide) groups is 1. The molecule has 0 radical (unpaired) electrons. The fraction of sp³-hybridized carbons (Fsp3) is 0.190. The standard InChI is InChI=1S/C21H16Cl2N2O3S2/c1-11-12(2)30-19-18(11)20(27)25(9-14-4-3-7-28-14)21(24-19)29-10-17(26)13-5-6-15(22)16(23)8-13/h3-8H,9-10H2,1-2H3. The number of benzene rings is 1. The Morgan fingerprint density at radius 2 is 2.03 bits per heavy atom. The second kappa shape index (κ2) is 8.59. The first kappa shape index (κ1) is 21.2. The molecule has 0 bridgehead atoms. The van der Waals surface area contributed by atoms with Crippen molar-refractivity contribution in [2.45, 2.75) is 25.5 Å². The molecule has 5 nitrogen and oxygen atoms in total. The highest BCUT2D eigenvalue weighted by Gasteiger charge is 2.19. The summed E-state index contributed by atoms with van der Waals surface area (Å²) in [6, 6.07) is 8.35. The molecule has 0 saturated heterocycles. The Bertz CT molecular complexity index is 1310. The van der Waals surface area contributed by atoms with Crippen molar-refractivity contribution in [1.29, 1.82) is 0 Å². The highest BCUT2D eigenvalue weighted by Crippen LogP contribution is 2.29. The van der Waals surface area contributed by atoms with Crippen LogP contribution in [0.15, 0.2) is 51.0 Å². The number of thiophene rings is 1. The third-order valence-electron chi connectivity index (χ3n) is 4.72. The summed E-state index contributed by atoms with van der Waals surface area (Å²) < 4.78 is 6.99. The van der Waals surface area contributed by atoms with Gasteiger partial charge < -0.3 is 4.42 Å². The number of Topliss-reactive ketones (excluding diaryl/α,β-unsaturated/α-hetero) is 1. The number of hydrogen-bond donors (Lipinski definition) is 0. The summed E-state index contributed by atoms with van der Waals surface area (Å²) >= 11 is 14.7. The van der Waals surface area contributed by atoms with E-state index in [2.05, 4.69) is 0 Å². The largest absolute Gasteiger partial charge is 0.467 e. The third kappa shape index (κ3) is 4.07. The minimum absolute atomic E-state index is 0.109. The molecule has 30 heavy (non-hydrogen) atoms. The zero-order valence-corrected chi connectivity index (χ0v) is 19.2. The van der Waals surface area contributed by atoms with Crippen LogP contribution in [0.3, 0.4) is 0 Å². The SMILES string of the molecule is Cc1sc2nc(SCC(=O)c3ccc(Cl)c(Cl)c3)n(Cc3ccco3)c(=O)c2c1C. The van der Waals surface area contributed by atoms with E-state index >= 15 is 0 Å². The van der Waals surface area contributed by atoms with Crippen molar-refractivity contribution in [2.24, 2.45) is 0 Å². The van der Waals surface area contributed by atoms with E-state index in [1.54, 1.807) is 41.2 Å². The monoisotopic (exact) mass is 478 g/mol. The number of rotatable bonds is 6. The zero-order chi connectivity index (χ0) is 21.4. The number of hydrogen-bond acceptors (Lipinski definition) is 6. The Morgan fingerprint density at radius 1 is 1.23 bits per heavy atom. The summed E-state index contributed by atoms with van der Waals surface area (Å²) in [4.78, 5) is 32.4. The second-order valence-electron chi connectivity index (χ2n) is 6.67. The van der Waals surface area contributed by atoms with Crippen LogP contribution in [-0.4, -0.2) is 21.1 Å². The smallest absolute Gasteiger partial charge is 0.263 e. The number of fused-ring (bicyclic) bond motifs is 1. The van der Waals surface area contributed by atoms with Crippen molar-refractivity contribution in [3.05, 3.63) is 78.8 Å². The highest BCUT2D eigenvalue weighted by molar-refractivity contribution is 7.99. The van der Waals surface area contributed by atoms with Gasteiger partial charge in [-0.1, -0.05) is 35.0 Å². The van der Waals surface area contributed by atoms with Gasteiger partial charge in [0.25, 0.3) is 5.56 Å². The Kier molecular flexibility index (Phi) is 6.06. The van der Waals surface area contributed by atoms with Gasteiger partial charge in [0, 0.05) is 10.4 Å². The van der Waals surface area contributed by atoms with E-state index in [4.69, 9.17) is 32.6 Å². The molecule has 3 heterocycles. The first-order chi connectivity index (χ1) is 14.3. The lowest BCUT2D eigenvalue weighted by molar-refractivity contribution is 0.102. The lowest BCUT2D eigenvalue weighted by atomic mass is 10.1. The van der Waals surface area contributed by atoms with Crippen LogP contribution in [0.1, 0.15) is 26.6 Å². The molecule has 1 aromatic carbocycles. The Labute approximate surface area is 190 Å². The van der Waals surface area contributed by atoms with Crippen LogP contribution in [0.25, 0.3) is 10.2 Å². The predicted octanol–water partition coefficient (Wildman–Crippen LogP) is 6.00. The van der Waals surface area contributed by atoms with Crippen LogP contribution in [0, 0.1) is 13.8 Å². The Balaban J connectivity index is 1.70. The summed E-state index contributed by atoms with van der Waals surface area (Å²) in [6.45, 7) is 4.14. The van der Waals surface area contributed by atoms with Crippen molar-refractivity contribution in [3.63, 3.8) is 0 Å². The van der Waals surface area contributed by atoms with Crippen molar-refractivity contribution in [1.82, 2.24) is 9.55 Å². The van der Waals surface area contributed by atoms with E-state index in [0.29, 0.717) is 36.7 Å². The number of halogens is 2. The van der Waals surface area contributed by atoms with E-state index in [-0.39, 0.29) is 23.6 Å². The minimum atomic E-state index is -0.136. The van der Waals surface area contributed by atoms with Gasteiger partial charge in [-0.05, 0) is 49.7 Å². The van der Waals surface area contributed by atoms with Gasteiger partial charge in [-0.25, -0.2) is 4.98 Å². The van der Waals surface area contributed by atoms with Crippen LogP contribution in [-0.2, 0) is 6.54 Å². The number of aromatic nitrogens is 2. The van der Waals surface area contributed by atoms with Crippen molar-refractivity contribution in [2.75, 3.05) is 5.75 Å². The first-order valence-electron chi connectivity index (χ1n) is 8.99. The highest BCUT2D eigenvalue weighted by atomic mass is 35.5. The molecule has 0 aliphatic carbocycles. The van der Waals surface area contributed by atoms with Gasteiger partial charge in [0.15, 0.2) is 10.9 Å². The summed E-state index contributed by atoms with van der Waals surface area (Å²) in [6.07, 6.45) is 1.56. The topological polar surface area (TPSA) is 65.1 Å². The maximum absolute atomic E-state index is 13.3. The average molecular weight is 479 g/mol. The molecule has 0 spiro atoms.